The summed E-state index contributed by atoms with van der Waals surface area (Å²) in [6.07, 6.45) is 9.24. The molecule has 0 aromatic rings. The normalized spacial score (nSPS) is 21.9. The third-order valence-corrected chi connectivity index (χ3v) is 3.55. The van der Waals surface area contributed by atoms with Gasteiger partial charge in [0, 0.05) is 0 Å². The van der Waals surface area contributed by atoms with Crippen LogP contribution < -0.4 is 5.32 Å². The van der Waals surface area contributed by atoms with Gasteiger partial charge in [-0.05, 0) is 19.8 Å². The molecule has 1 aliphatic carbocycles. The monoisotopic (exact) mass is 243 g/mol. The number of halogens is 1. The first-order chi connectivity index (χ1) is 6.08. The number of alkyl halides is 1. The SMILES string of the molecule is C#CC(C)NC(=O)C1(Br)CCCC1. The Kier molecular flexibility index (Phi) is 3.38. The second kappa shape index (κ2) is 4.15. The first-order valence-electron chi connectivity index (χ1n) is 4.54. The second-order valence-corrected chi connectivity index (χ2v) is 5.05. The third kappa shape index (κ3) is 2.47. The van der Waals surface area contributed by atoms with Crippen molar-refractivity contribution in [3.05, 3.63) is 0 Å². The molecule has 1 aliphatic rings. The predicted octanol–water partition coefficient (Wildman–Crippen LogP) is 1.83. The molecule has 0 heterocycles. The Morgan fingerprint density at radius 1 is 1.62 bits per heavy atom. The number of carbonyl (C=O) groups is 1. The van der Waals surface area contributed by atoms with Gasteiger partial charge >= 0.3 is 0 Å². The molecule has 1 saturated carbocycles. The summed E-state index contributed by atoms with van der Waals surface area (Å²) in [5.41, 5.74) is 0. The van der Waals surface area contributed by atoms with E-state index in [1.165, 1.54) is 0 Å². The molecule has 0 aliphatic heterocycles. The highest BCUT2D eigenvalue weighted by atomic mass is 79.9. The van der Waals surface area contributed by atoms with Crippen LogP contribution in [0.4, 0.5) is 0 Å². The number of hydrogen-bond acceptors (Lipinski definition) is 1. The molecule has 0 aromatic carbocycles. The van der Waals surface area contributed by atoms with E-state index in [4.69, 9.17) is 6.42 Å². The number of rotatable bonds is 2. The van der Waals surface area contributed by atoms with Crippen LogP contribution in [-0.2, 0) is 4.79 Å². The Balaban J connectivity index is 2.52. The summed E-state index contributed by atoms with van der Waals surface area (Å²) in [6, 6.07) is -0.178. The number of nitrogens with one attached hydrogen (secondary N) is 1. The molecule has 2 nitrogen and oxygen atoms in total. The van der Waals surface area contributed by atoms with Crippen LogP contribution in [-0.4, -0.2) is 16.3 Å². The Hall–Kier alpha value is -0.490. The van der Waals surface area contributed by atoms with Crippen molar-refractivity contribution in [2.24, 2.45) is 0 Å². The minimum absolute atomic E-state index is 0.0375. The second-order valence-electron chi connectivity index (χ2n) is 3.53. The van der Waals surface area contributed by atoms with Crippen LogP contribution in [0, 0.1) is 12.3 Å². The minimum atomic E-state index is -0.349. The van der Waals surface area contributed by atoms with E-state index in [9.17, 15) is 4.79 Å². The average Bonchev–Trinajstić information content (AvgIpc) is 2.53. The summed E-state index contributed by atoms with van der Waals surface area (Å²) in [5.74, 6) is 2.52. The van der Waals surface area contributed by atoms with E-state index in [0.717, 1.165) is 25.7 Å². The van der Waals surface area contributed by atoms with Crippen molar-refractivity contribution in [1.82, 2.24) is 5.32 Å². The summed E-state index contributed by atoms with van der Waals surface area (Å²) in [5, 5.41) is 2.79. The zero-order chi connectivity index (χ0) is 9.90. The number of carbonyl (C=O) groups excluding carboxylic acids is 1. The molecule has 72 valence electrons. The quantitative estimate of drug-likeness (QED) is 0.582. The van der Waals surface area contributed by atoms with Gasteiger partial charge in [0.15, 0.2) is 0 Å². The Bertz CT molecular complexity index is 238. The molecule has 1 rings (SSSR count). The molecule has 0 saturated heterocycles. The molecule has 0 aromatic heterocycles. The van der Waals surface area contributed by atoms with Crippen molar-refractivity contribution in [1.29, 1.82) is 0 Å². The fraction of sp³-hybridized carbons (Fsp3) is 0.700. The van der Waals surface area contributed by atoms with E-state index >= 15 is 0 Å². The summed E-state index contributed by atoms with van der Waals surface area (Å²) >= 11 is 3.49. The van der Waals surface area contributed by atoms with Crippen molar-refractivity contribution in [2.45, 2.75) is 43.0 Å². The average molecular weight is 244 g/mol. The van der Waals surface area contributed by atoms with Crippen LogP contribution in [0.25, 0.3) is 0 Å². The molecule has 1 N–H and O–H groups in total. The van der Waals surface area contributed by atoms with Crippen molar-refractivity contribution in [3.8, 4) is 12.3 Å². The van der Waals surface area contributed by atoms with E-state index in [-0.39, 0.29) is 16.3 Å². The van der Waals surface area contributed by atoms with Gasteiger partial charge in [-0.15, -0.1) is 6.42 Å². The van der Waals surface area contributed by atoms with Crippen LogP contribution in [0.15, 0.2) is 0 Å². The zero-order valence-corrected chi connectivity index (χ0v) is 9.36. The molecule has 0 radical (unpaired) electrons. The lowest BCUT2D eigenvalue weighted by molar-refractivity contribution is -0.123. The maximum atomic E-state index is 11.7. The van der Waals surface area contributed by atoms with E-state index < -0.39 is 0 Å². The van der Waals surface area contributed by atoms with Gasteiger partial charge in [-0.25, -0.2) is 0 Å². The Morgan fingerprint density at radius 2 is 2.15 bits per heavy atom. The molecular formula is C10H14BrNO. The summed E-state index contributed by atoms with van der Waals surface area (Å²) in [4.78, 5) is 11.7. The van der Waals surface area contributed by atoms with Crippen LogP contribution in [0.1, 0.15) is 32.6 Å². The first-order valence-corrected chi connectivity index (χ1v) is 5.34. The molecule has 0 spiro atoms. The topological polar surface area (TPSA) is 29.1 Å². The Morgan fingerprint density at radius 3 is 2.62 bits per heavy atom. The molecule has 13 heavy (non-hydrogen) atoms. The fourth-order valence-corrected chi connectivity index (χ4v) is 2.21. The highest BCUT2D eigenvalue weighted by molar-refractivity contribution is 9.10. The fourth-order valence-electron chi connectivity index (χ4n) is 1.53. The van der Waals surface area contributed by atoms with Gasteiger partial charge in [-0.3, -0.25) is 4.79 Å². The van der Waals surface area contributed by atoms with Crippen LogP contribution in [0.2, 0.25) is 0 Å². The summed E-state index contributed by atoms with van der Waals surface area (Å²) in [7, 11) is 0. The van der Waals surface area contributed by atoms with E-state index in [2.05, 4.69) is 27.2 Å². The number of hydrogen-bond donors (Lipinski definition) is 1. The number of terminal acetylenes is 1. The zero-order valence-electron chi connectivity index (χ0n) is 7.77. The summed E-state index contributed by atoms with van der Waals surface area (Å²) < 4.78 is -0.349. The lowest BCUT2D eigenvalue weighted by Gasteiger charge is -2.21. The van der Waals surface area contributed by atoms with Crippen molar-refractivity contribution >= 4 is 21.8 Å². The van der Waals surface area contributed by atoms with E-state index in [0.29, 0.717) is 0 Å². The molecule has 1 fully saturated rings. The van der Waals surface area contributed by atoms with Gasteiger partial charge in [0.1, 0.15) is 4.32 Å². The van der Waals surface area contributed by atoms with E-state index in [1.807, 2.05) is 6.92 Å². The van der Waals surface area contributed by atoms with Crippen LogP contribution in [0.5, 0.6) is 0 Å². The van der Waals surface area contributed by atoms with Gasteiger partial charge in [-0.2, -0.15) is 0 Å². The smallest absolute Gasteiger partial charge is 0.237 e. The van der Waals surface area contributed by atoms with Crippen LogP contribution >= 0.6 is 15.9 Å². The van der Waals surface area contributed by atoms with Gasteiger partial charge in [0.25, 0.3) is 0 Å². The van der Waals surface area contributed by atoms with Gasteiger partial charge < -0.3 is 5.32 Å². The third-order valence-electron chi connectivity index (χ3n) is 2.40. The predicted molar refractivity (Wildman–Crippen MR) is 56.6 cm³/mol. The highest BCUT2D eigenvalue weighted by Gasteiger charge is 2.38. The molecule has 1 atom stereocenters. The van der Waals surface area contributed by atoms with Gasteiger partial charge in [0.2, 0.25) is 5.91 Å². The molecule has 1 unspecified atom stereocenters. The maximum Gasteiger partial charge on any atom is 0.237 e. The van der Waals surface area contributed by atoms with Crippen molar-refractivity contribution < 1.29 is 4.79 Å². The highest BCUT2D eigenvalue weighted by Crippen LogP contribution is 2.37. The summed E-state index contributed by atoms with van der Waals surface area (Å²) in [6.45, 7) is 1.81. The van der Waals surface area contributed by atoms with Gasteiger partial charge in [-0.1, -0.05) is 34.7 Å². The Labute approximate surface area is 87.6 Å². The first kappa shape index (κ1) is 10.6. The molecule has 3 heteroatoms. The molecular weight excluding hydrogens is 230 g/mol. The minimum Gasteiger partial charge on any atom is -0.342 e. The van der Waals surface area contributed by atoms with E-state index in [1.54, 1.807) is 0 Å². The lowest BCUT2D eigenvalue weighted by atomic mass is 10.1. The van der Waals surface area contributed by atoms with Gasteiger partial charge in [0.05, 0.1) is 6.04 Å². The maximum absolute atomic E-state index is 11.7. The number of amides is 1. The van der Waals surface area contributed by atoms with Crippen molar-refractivity contribution in [3.63, 3.8) is 0 Å². The molecule has 0 bridgehead atoms. The lowest BCUT2D eigenvalue weighted by Crippen LogP contribution is -2.43. The van der Waals surface area contributed by atoms with Crippen molar-refractivity contribution in [2.75, 3.05) is 0 Å². The standard InChI is InChI=1S/C10H14BrNO/c1-3-8(2)12-9(13)10(11)6-4-5-7-10/h1,8H,4-7H2,2H3,(H,12,13). The molecule has 1 amide bonds. The largest absolute Gasteiger partial charge is 0.342 e. The van der Waals surface area contributed by atoms with Crippen LogP contribution in [0.3, 0.4) is 0 Å².